The fourth-order valence-electron chi connectivity index (χ4n) is 3.95. The SMILES string of the molecule is CNc1ccc2cc(CN(C)C(=O)COCCN(C)S(=O)(=O)c3c(C)cc(OC)cc3C)ccc2n1. The molecule has 1 N–H and O–H groups in total. The molecular formula is C26H34N4O5S. The van der Waals surface area contributed by atoms with Crippen LogP contribution in [0.5, 0.6) is 5.75 Å². The first-order valence-corrected chi connectivity index (χ1v) is 13.0. The van der Waals surface area contributed by atoms with Gasteiger partial charge in [0.2, 0.25) is 15.9 Å². The Morgan fingerprint density at radius 3 is 2.39 bits per heavy atom. The summed E-state index contributed by atoms with van der Waals surface area (Å²) in [4.78, 5) is 18.9. The van der Waals surface area contributed by atoms with Crippen molar-refractivity contribution in [3.63, 3.8) is 0 Å². The highest BCUT2D eigenvalue weighted by Crippen LogP contribution is 2.27. The van der Waals surface area contributed by atoms with Gasteiger partial charge in [-0.1, -0.05) is 6.07 Å². The molecule has 0 atom stereocenters. The number of nitrogens with zero attached hydrogens (tertiary/aromatic N) is 3. The summed E-state index contributed by atoms with van der Waals surface area (Å²) in [6.07, 6.45) is 0. The fourth-order valence-corrected chi connectivity index (χ4v) is 5.51. The number of fused-ring (bicyclic) bond motifs is 1. The van der Waals surface area contributed by atoms with Crippen LogP contribution >= 0.6 is 0 Å². The van der Waals surface area contributed by atoms with Gasteiger partial charge in [0.05, 0.1) is 24.1 Å². The topological polar surface area (TPSA) is 101 Å². The number of amides is 1. The number of aromatic nitrogens is 1. The number of nitrogens with one attached hydrogen (secondary N) is 1. The first-order valence-electron chi connectivity index (χ1n) is 11.6. The molecule has 0 fully saturated rings. The van der Waals surface area contributed by atoms with Crippen molar-refractivity contribution >= 4 is 32.7 Å². The minimum Gasteiger partial charge on any atom is -0.497 e. The Morgan fingerprint density at radius 2 is 1.75 bits per heavy atom. The van der Waals surface area contributed by atoms with Crippen molar-refractivity contribution in [3.05, 3.63) is 59.2 Å². The Morgan fingerprint density at radius 1 is 1.06 bits per heavy atom. The van der Waals surface area contributed by atoms with Gasteiger partial charge in [-0.25, -0.2) is 13.4 Å². The summed E-state index contributed by atoms with van der Waals surface area (Å²) < 4.78 is 38.2. The second-order valence-electron chi connectivity index (χ2n) is 8.69. The molecule has 0 bridgehead atoms. The summed E-state index contributed by atoms with van der Waals surface area (Å²) in [6.45, 7) is 4.00. The Labute approximate surface area is 213 Å². The lowest BCUT2D eigenvalue weighted by atomic mass is 10.1. The Balaban J connectivity index is 1.52. The van der Waals surface area contributed by atoms with E-state index in [-0.39, 0.29) is 30.6 Å². The lowest BCUT2D eigenvalue weighted by molar-refractivity contribution is -0.135. The highest BCUT2D eigenvalue weighted by atomic mass is 32.2. The molecule has 2 aromatic carbocycles. The molecule has 0 spiro atoms. The first kappa shape index (κ1) is 27.4. The largest absolute Gasteiger partial charge is 0.497 e. The van der Waals surface area contributed by atoms with Gasteiger partial charge in [0.25, 0.3) is 0 Å². The van der Waals surface area contributed by atoms with Crippen LogP contribution in [0.1, 0.15) is 16.7 Å². The van der Waals surface area contributed by atoms with Gasteiger partial charge in [0.1, 0.15) is 18.2 Å². The van der Waals surface area contributed by atoms with Crippen LogP contribution in [0.25, 0.3) is 10.9 Å². The van der Waals surface area contributed by atoms with E-state index >= 15 is 0 Å². The normalized spacial score (nSPS) is 11.6. The molecule has 1 aromatic heterocycles. The zero-order chi connectivity index (χ0) is 26.5. The van der Waals surface area contributed by atoms with E-state index in [1.54, 1.807) is 45.0 Å². The number of likely N-dealkylation sites (N-methyl/N-ethyl adjacent to an activating group) is 2. The van der Waals surface area contributed by atoms with Gasteiger partial charge in [0.15, 0.2) is 0 Å². The van der Waals surface area contributed by atoms with E-state index in [4.69, 9.17) is 9.47 Å². The molecule has 10 heteroatoms. The van der Waals surface area contributed by atoms with Crippen LogP contribution in [0, 0.1) is 13.8 Å². The summed E-state index contributed by atoms with van der Waals surface area (Å²) in [5.41, 5.74) is 3.09. The van der Waals surface area contributed by atoms with Crippen molar-refractivity contribution in [1.29, 1.82) is 0 Å². The Hall–Kier alpha value is -3.21. The number of methoxy groups -OCH3 is 1. The molecule has 9 nitrogen and oxygen atoms in total. The van der Waals surface area contributed by atoms with Gasteiger partial charge in [-0.05, 0) is 66.9 Å². The van der Waals surface area contributed by atoms with E-state index in [1.807, 2.05) is 37.4 Å². The summed E-state index contributed by atoms with van der Waals surface area (Å²) in [5.74, 6) is 1.22. The minimum atomic E-state index is -3.71. The molecular weight excluding hydrogens is 480 g/mol. The zero-order valence-corrected chi connectivity index (χ0v) is 22.5. The number of benzene rings is 2. The molecule has 1 heterocycles. The van der Waals surface area contributed by atoms with Gasteiger partial charge in [-0.3, -0.25) is 4.79 Å². The first-order chi connectivity index (χ1) is 17.1. The fraction of sp³-hybridized carbons (Fsp3) is 0.385. The van der Waals surface area contributed by atoms with Crippen LogP contribution in [0.15, 0.2) is 47.4 Å². The number of ether oxygens (including phenoxy) is 2. The highest BCUT2D eigenvalue weighted by molar-refractivity contribution is 7.89. The number of rotatable bonds is 11. The van der Waals surface area contributed by atoms with Crippen LogP contribution in [0.3, 0.4) is 0 Å². The van der Waals surface area contributed by atoms with Crippen molar-refractivity contribution in [1.82, 2.24) is 14.2 Å². The van der Waals surface area contributed by atoms with E-state index in [0.29, 0.717) is 23.4 Å². The third kappa shape index (κ3) is 6.31. The molecule has 0 radical (unpaired) electrons. The molecule has 0 unspecified atom stereocenters. The lowest BCUT2D eigenvalue weighted by Crippen LogP contribution is -2.33. The molecule has 0 saturated heterocycles. The maximum atomic E-state index is 13.1. The predicted octanol–water partition coefficient (Wildman–Crippen LogP) is 3.20. The molecule has 194 valence electrons. The van der Waals surface area contributed by atoms with E-state index < -0.39 is 10.0 Å². The highest BCUT2D eigenvalue weighted by Gasteiger charge is 2.25. The van der Waals surface area contributed by atoms with Crippen molar-refractivity contribution < 1.29 is 22.7 Å². The van der Waals surface area contributed by atoms with Gasteiger partial charge >= 0.3 is 0 Å². The quantitative estimate of drug-likeness (QED) is 0.392. The number of anilines is 1. The Kier molecular flexibility index (Phi) is 8.89. The number of hydrogen-bond acceptors (Lipinski definition) is 7. The van der Waals surface area contributed by atoms with Crippen LogP contribution in [0.2, 0.25) is 0 Å². The molecule has 1 amide bonds. The summed E-state index contributed by atoms with van der Waals surface area (Å²) in [7, 11) is 2.87. The monoisotopic (exact) mass is 514 g/mol. The minimum absolute atomic E-state index is 0.0962. The molecule has 3 aromatic rings. The third-order valence-electron chi connectivity index (χ3n) is 5.97. The van der Waals surface area contributed by atoms with E-state index in [0.717, 1.165) is 22.3 Å². The lowest BCUT2D eigenvalue weighted by Gasteiger charge is -2.21. The van der Waals surface area contributed by atoms with Crippen LogP contribution in [0.4, 0.5) is 5.82 Å². The average molecular weight is 515 g/mol. The zero-order valence-electron chi connectivity index (χ0n) is 21.7. The van der Waals surface area contributed by atoms with Crippen LogP contribution in [-0.4, -0.2) is 76.5 Å². The summed E-state index contributed by atoms with van der Waals surface area (Å²) >= 11 is 0. The number of aryl methyl sites for hydroxylation is 2. The van der Waals surface area contributed by atoms with E-state index in [2.05, 4.69) is 10.3 Å². The van der Waals surface area contributed by atoms with E-state index in [1.165, 1.54) is 11.4 Å². The maximum Gasteiger partial charge on any atom is 0.248 e. The molecule has 3 rings (SSSR count). The maximum absolute atomic E-state index is 13.1. The number of carbonyl (C=O) groups excluding carboxylic acids is 1. The van der Waals surface area contributed by atoms with Crippen molar-refractivity contribution in [2.24, 2.45) is 0 Å². The van der Waals surface area contributed by atoms with Gasteiger partial charge < -0.3 is 19.7 Å². The smallest absolute Gasteiger partial charge is 0.248 e. The number of carbonyl (C=O) groups is 1. The van der Waals surface area contributed by atoms with Gasteiger partial charge in [0, 0.05) is 39.6 Å². The van der Waals surface area contributed by atoms with Crippen molar-refractivity contribution in [2.75, 3.05) is 53.3 Å². The summed E-state index contributed by atoms with van der Waals surface area (Å²) in [6, 6.07) is 13.2. The van der Waals surface area contributed by atoms with E-state index in [9.17, 15) is 13.2 Å². The number of hydrogen-bond donors (Lipinski definition) is 1. The second-order valence-corrected chi connectivity index (χ2v) is 10.7. The van der Waals surface area contributed by atoms with Crippen LogP contribution in [-0.2, 0) is 26.1 Å². The van der Waals surface area contributed by atoms with Crippen molar-refractivity contribution in [2.45, 2.75) is 25.3 Å². The van der Waals surface area contributed by atoms with Gasteiger partial charge in [-0.15, -0.1) is 0 Å². The third-order valence-corrected chi connectivity index (χ3v) is 8.13. The van der Waals surface area contributed by atoms with Crippen molar-refractivity contribution in [3.8, 4) is 5.75 Å². The number of pyridine rings is 1. The molecule has 0 aliphatic rings. The van der Waals surface area contributed by atoms with Gasteiger partial charge in [-0.2, -0.15) is 4.31 Å². The Bertz CT molecular complexity index is 1320. The standard InChI is InChI=1S/C26H34N4O5S/c1-18-13-22(34-6)14-19(2)26(18)36(32,33)30(5)11-12-35-17-25(31)29(4)16-20-7-9-23-21(15-20)8-10-24(27-3)28-23/h7-10,13-15H,11-12,16-17H2,1-6H3,(H,27,28). The average Bonchev–Trinajstić information content (AvgIpc) is 2.85. The predicted molar refractivity (Wildman–Crippen MR) is 141 cm³/mol. The molecule has 0 saturated carbocycles. The molecule has 0 aliphatic carbocycles. The summed E-state index contributed by atoms with van der Waals surface area (Å²) in [5, 5.41) is 4.01. The van der Waals surface area contributed by atoms with Crippen LogP contribution < -0.4 is 10.1 Å². The molecule has 0 aliphatic heterocycles. The molecule has 36 heavy (non-hydrogen) atoms. The second kappa shape index (κ2) is 11.7. The number of sulfonamides is 1.